The number of para-hydroxylation sites is 1. The fourth-order valence-corrected chi connectivity index (χ4v) is 5.45. The zero-order valence-corrected chi connectivity index (χ0v) is 16.0. The van der Waals surface area contributed by atoms with Crippen molar-refractivity contribution < 1.29 is 18.0 Å². The monoisotopic (exact) mass is 401 g/mol. The van der Waals surface area contributed by atoms with Gasteiger partial charge in [0, 0.05) is 7.05 Å². The molecule has 2 heterocycles. The minimum absolute atomic E-state index is 0.0587. The van der Waals surface area contributed by atoms with Crippen LogP contribution in [-0.2, 0) is 21.4 Å². The Kier molecular flexibility index (Phi) is 4.20. The van der Waals surface area contributed by atoms with Gasteiger partial charge in [-0.05, 0) is 24.3 Å². The minimum Gasteiger partial charge on any atom is -0.337 e. The highest BCUT2D eigenvalue weighted by Gasteiger charge is 2.42. The molecule has 0 bridgehead atoms. The summed E-state index contributed by atoms with van der Waals surface area (Å²) in [4.78, 5) is 30.7. The fourth-order valence-electron chi connectivity index (χ4n) is 2.91. The Morgan fingerprint density at radius 1 is 1.15 bits per heavy atom. The molecular weight excluding hydrogens is 386 g/mol. The van der Waals surface area contributed by atoms with Crippen molar-refractivity contribution in [3.8, 4) is 0 Å². The molecule has 0 N–H and O–H groups in total. The maximum Gasteiger partial charge on any atom is 0.269 e. The zero-order valence-electron chi connectivity index (χ0n) is 14.3. The van der Waals surface area contributed by atoms with Crippen LogP contribution in [0.5, 0.6) is 0 Å². The SMILES string of the molecule is CN(Cc1nc2ccccc2s1)C(=O)CN1C(=O)c2ccccc2S1(=O)=O. The Balaban J connectivity index is 1.51. The van der Waals surface area contributed by atoms with Crippen LogP contribution in [0, 0.1) is 0 Å². The molecule has 4 rings (SSSR count). The largest absolute Gasteiger partial charge is 0.337 e. The van der Waals surface area contributed by atoms with Crippen LogP contribution in [0.3, 0.4) is 0 Å². The van der Waals surface area contributed by atoms with Gasteiger partial charge in [0.1, 0.15) is 16.4 Å². The third kappa shape index (κ3) is 2.98. The van der Waals surface area contributed by atoms with Gasteiger partial charge in [-0.2, -0.15) is 0 Å². The van der Waals surface area contributed by atoms with Gasteiger partial charge >= 0.3 is 0 Å². The summed E-state index contributed by atoms with van der Waals surface area (Å²) < 4.78 is 26.8. The Morgan fingerprint density at radius 3 is 2.59 bits per heavy atom. The molecule has 2 aromatic carbocycles. The maximum atomic E-state index is 12.6. The van der Waals surface area contributed by atoms with Crippen molar-refractivity contribution >= 4 is 43.4 Å². The van der Waals surface area contributed by atoms with Gasteiger partial charge in [0.15, 0.2) is 0 Å². The van der Waals surface area contributed by atoms with E-state index in [1.165, 1.54) is 28.4 Å². The van der Waals surface area contributed by atoms with E-state index in [-0.39, 0.29) is 17.0 Å². The van der Waals surface area contributed by atoms with Crippen molar-refractivity contribution in [2.45, 2.75) is 11.4 Å². The van der Waals surface area contributed by atoms with Gasteiger partial charge in [-0.1, -0.05) is 24.3 Å². The molecule has 0 unspecified atom stereocenters. The first-order valence-corrected chi connectivity index (χ1v) is 10.4. The van der Waals surface area contributed by atoms with E-state index in [4.69, 9.17) is 0 Å². The number of benzene rings is 2. The molecular formula is C18H15N3O4S2. The molecule has 0 saturated carbocycles. The lowest BCUT2D eigenvalue weighted by atomic mass is 10.2. The van der Waals surface area contributed by atoms with Gasteiger partial charge < -0.3 is 4.90 Å². The fraction of sp³-hybridized carbons (Fsp3) is 0.167. The Labute approximate surface area is 159 Å². The van der Waals surface area contributed by atoms with Crippen LogP contribution >= 0.6 is 11.3 Å². The second kappa shape index (κ2) is 6.43. The lowest BCUT2D eigenvalue weighted by Gasteiger charge is -2.20. The maximum absolute atomic E-state index is 12.6. The standard InChI is InChI=1S/C18H15N3O4S2/c1-20(10-16-19-13-7-3-4-8-14(13)26-16)17(22)11-21-18(23)12-6-2-5-9-15(12)27(21,24)25/h2-9H,10-11H2,1H3. The van der Waals surface area contributed by atoms with Crippen LogP contribution in [0.4, 0.5) is 0 Å². The normalized spacial score (nSPS) is 15.1. The van der Waals surface area contributed by atoms with Crippen molar-refractivity contribution in [2.24, 2.45) is 0 Å². The van der Waals surface area contributed by atoms with E-state index in [2.05, 4.69) is 4.98 Å². The van der Waals surface area contributed by atoms with Gasteiger partial charge in [0.05, 0.1) is 22.3 Å². The number of carbonyl (C=O) groups is 2. The van der Waals surface area contributed by atoms with Crippen LogP contribution in [0.2, 0.25) is 0 Å². The van der Waals surface area contributed by atoms with Crippen molar-refractivity contribution in [1.29, 1.82) is 0 Å². The first-order chi connectivity index (χ1) is 12.9. The van der Waals surface area contributed by atoms with Gasteiger partial charge in [0.2, 0.25) is 5.91 Å². The molecule has 0 radical (unpaired) electrons. The summed E-state index contributed by atoms with van der Waals surface area (Å²) in [5.74, 6) is -1.15. The quantitative estimate of drug-likeness (QED) is 0.668. The van der Waals surface area contributed by atoms with E-state index in [9.17, 15) is 18.0 Å². The minimum atomic E-state index is -3.99. The number of nitrogens with zero attached hydrogens (tertiary/aromatic N) is 3. The number of hydrogen-bond acceptors (Lipinski definition) is 6. The lowest BCUT2D eigenvalue weighted by molar-refractivity contribution is -0.130. The predicted octanol–water partition coefficient (Wildman–Crippen LogP) is 2.10. The van der Waals surface area contributed by atoms with Crippen LogP contribution < -0.4 is 0 Å². The van der Waals surface area contributed by atoms with Gasteiger partial charge in [-0.25, -0.2) is 17.7 Å². The highest BCUT2D eigenvalue weighted by atomic mass is 32.2. The first-order valence-electron chi connectivity index (χ1n) is 8.12. The summed E-state index contributed by atoms with van der Waals surface area (Å²) in [6.45, 7) is -0.287. The van der Waals surface area contributed by atoms with E-state index in [1.807, 2.05) is 24.3 Å². The summed E-state index contributed by atoms with van der Waals surface area (Å²) in [5, 5.41) is 0.742. The number of sulfonamides is 1. The van der Waals surface area contributed by atoms with E-state index >= 15 is 0 Å². The van der Waals surface area contributed by atoms with Crippen LogP contribution in [0.1, 0.15) is 15.4 Å². The highest BCUT2D eigenvalue weighted by molar-refractivity contribution is 7.90. The smallest absolute Gasteiger partial charge is 0.269 e. The van der Waals surface area contributed by atoms with Crippen molar-refractivity contribution in [3.63, 3.8) is 0 Å². The number of aromatic nitrogens is 1. The second-order valence-corrected chi connectivity index (χ2v) is 9.08. The Hall–Kier alpha value is -2.78. The number of carbonyl (C=O) groups excluding carboxylic acids is 2. The van der Waals surface area contributed by atoms with E-state index < -0.39 is 28.4 Å². The molecule has 1 aliphatic rings. The van der Waals surface area contributed by atoms with Gasteiger partial charge in [0.25, 0.3) is 15.9 Å². The molecule has 0 saturated heterocycles. The molecule has 9 heteroatoms. The third-order valence-electron chi connectivity index (χ3n) is 4.33. The Bertz CT molecular complexity index is 1140. The number of rotatable bonds is 4. The summed E-state index contributed by atoms with van der Waals surface area (Å²) in [6.07, 6.45) is 0. The van der Waals surface area contributed by atoms with Crippen LogP contribution in [-0.4, -0.2) is 48.0 Å². The number of amides is 2. The molecule has 0 aliphatic carbocycles. The number of likely N-dealkylation sites (N-methyl/N-ethyl adjacent to an activating group) is 1. The van der Waals surface area contributed by atoms with E-state index in [0.717, 1.165) is 15.2 Å². The number of fused-ring (bicyclic) bond motifs is 2. The van der Waals surface area contributed by atoms with Gasteiger partial charge in [-0.15, -0.1) is 11.3 Å². The molecule has 1 aromatic heterocycles. The van der Waals surface area contributed by atoms with Crippen LogP contribution in [0.25, 0.3) is 10.2 Å². The first kappa shape index (κ1) is 17.6. The number of hydrogen-bond donors (Lipinski definition) is 0. The molecule has 3 aromatic rings. The summed E-state index contributed by atoms with van der Waals surface area (Å²) in [7, 11) is -2.43. The summed E-state index contributed by atoms with van der Waals surface area (Å²) in [5.41, 5.74) is 0.949. The molecule has 7 nitrogen and oxygen atoms in total. The predicted molar refractivity (Wildman–Crippen MR) is 101 cm³/mol. The average Bonchev–Trinajstić information content (AvgIpc) is 3.14. The zero-order chi connectivity index (χ0) is 19.2. The van der Waals surface area contributed by atoms with Gasteiger partial charge in [-0.3, -0.25) is 9.59 Å². The second-order valence-electron chi connectivity index (χ2n) is 6.14. The lowest BCUT2D eigenvalue weighted by Crippen LogP contribution is -2.40. The van der Waals surface area contributed by atoms with E-state index in [1.54, 1.807) is 19.2 Å². The highest BCUT2D eigenvalue weighted by Crippen LogP contribution is 2.30. The van der Waals surface area contributed by atoms with Crippen molar-refractivity contribution in [1.82, 2.24) is 14.2 Å². The average molecular weight is 401 g/mol. The summed E-state index contributed by atoms with van der Waals surface area (Å²) in [6, 6.07) is 13.6. The van der Waals surface area contributed by atoms with Crippen LogP contribution in [0.15, 0.2) is 53.4 Å². The Morgan fingerprint density at radius 2 is 1.85 bits per heavy atom. The van der Waals surface area contributed by atoms with Crippen molar-refractivity contribution in [3.05, 3.63) is 59.1 Å². The third-order valence-corrected chi connectivity index (χ3v) is 7.14. The molecule has 0 atom stereocenters. The molecule has 0 spiro atoms. The van der Waals surface area contributed by atoms with E-state index in [0.29, 0.717) is 4.31 Å². The topological polar surface area (TPSA) is 87.7 Å². The molecule has 2 amide bonds. The van der Waals surface area contributed by atoms with Crippen molar-refractivity contribution in [2.75, 3.05) is 13.6 Å². The molecule has 0 fully saturated rings. The molecule has 27 heavy (non-hydrogen) atoms. The molecule has 138 valence electrons. The summed E-state index contributed by atoms with van der Waals surface area (Å²) >= 11 is 1.47. The molecule has 1 aliphatic heterocycles. The number of thiazole rings is 1.